The van der Waals surface area contributed by atoms with E-state index in [0.717, 1.165) is 83.5 Å². The van der Waals surface area contributed by atoms with Crippen LogP contribution < -0.4 is 0 Å². The molecule has 0 amide bonds. The summed E-state index contributed by atoms with van der Waals surface area (Å²) in [5, 5.41) is 31.4. The fourth-order valence-electron chi connectivity index (χ4n) is 7.01. The third-order valence-corrected chi connectivity index (χ3v) is 11.2. The number of carboxylic acids is 1. The molecule has 12 heteroatoms. The summed E-state index contributed by atoms with van der Waals surface area (Å²) < 4.78 is 28.0. The van der Waals surface area contributed by atoms with Crippen molar-refractivity contribution < 1.29 is 58.2 Å². The smallest absolute Gasteiger partial charge is 0.335 e. The summed E-state index contributed by atoms with van der Waals surface area (Å²) in [6.45, 7) is 5.41. The number of allylic oxidation sites excluding steroid dienone is 30. The molecule has 1 aliphatic rings. The molecule has 1 saturated heterocycles. The van der Waals surface area contributed by atoms with Gasteiger partial charge in [-0.25, -0.2) is 4.79 Å². The number of hydrogen-bond acceptors (Lipinski definition) is 11. The van der Waals surface area contributed by atoms with Gasteiger partial charge in [0.25, 0.3) is 0 Å². The maximum Gasteiger partial charge on any atom is 0.335 e. The van der Waals surface area contributed by atoms with Gasteiger partial charge in [0, 0.05) is 6.42 Å². The highest BCUT2D eigenvalue weighted by molar-refractivity contribution is 5.74. The number of carbonyl (C=O) groups excluding carboxylic acids is 3. The lowest BCUT2D eigenvalue weighted by Gasteiger charge is -2.40. The van der Waals surface area contributed by atoms with Crippen molar-refractivity contribution in [1.29, 1.82) is 0 Å². The molecule has 0 radical (unpaired) electrons. The number of hydrogen-bond donors (Lipinski definition) is 3. The van der Waals surface area contributed by atoms with E-state index < -0.39 is 73.9 Å². The molecule has 0 aromatic carbocycles. The molecule has 1 rings (SSSR count). The molecule has 6 atom stereocenters. The first-order valence-electron chi connectivity index (χ1n) is 28.4. The van der Waals surface area contributed by atoms with Crippen LogP contribution >= 0.6 is 0 Å². The summed E-state index contributed by atoms with van der Waals surface area (Å²) in [4.78, 5) is 50.9. The van der Waals surface area contributed by atoms with Crippen LogP contribution in [-0.4, -0.2) is 89.2 Å². The van der Waals surface area contributed by atoms with Crippen LogP contribution in [0.2, 0.25) is 0 Å². The van der Waals surface area contributed by atoms with Gasteiger partial charge in [0.2, 0.25) is 0 Å². The minimum Gasteiger partial charge on any atom is -0.479 e. The van der Waals surface area contributed by atoms with E-state index in [1.165, 1.54) is 0 Å². The number of carbonyl (C=O) groups is 4. The Bertz CT molecular complexity index is 2120. The Labute approximate surface area is 473 Å². The molecule has 1 heterocycles. The van der Waals surface area contributed by atoms with Gasteiger partial charge in [-0.2, -0.15) is 0 Å². The second-order valence-corrected chi connectivity index (χ2v) is 18.1. The fourth-order valence-corrected chi connectivity index (χ4v) is 7.01. The standard InChI is InChI=1S/C67H94O12/c1-4-7-10-13-16-19-22-25-28-29-30-31-34-35-38-41-44-47-50-53-59(68)75-56-58(77-60(69)54-51-48-45-42-39-36-32-26-23-20-17-14-11-8-5-2)57-76-67-65(63(72)62(71)64(79-67)66(73)74)78-61(70)55-52-49-46-43-40-37-33-27-24-21-18-15-12-9-6-3/h7-12,16-21,25-28,30-33,35,38-40,42-44,47-49,51-52,58,62-65,67,71-72H,4-6,13-15,22-24,29,34,36-37,41,45-46,50,53-57H2,1-3H3,(H,73,74)/b10-7-,11-8-,12-9-,19-16-,20-17-,21-18-,28-25-,31-30-,32-26-,33-27-,38-35-,42-39-,43-40-,47-44-,51-48-,52-49-. The van der Waals surface area contributed by atoms with Crippen molar-refractivity contribution in [2.45, 2.75) is 186 Å². The van der Waals surface area contributed by atoms with E-state index in [1.807, 2.05) is 42.5 Å². The Morgan fingerprint density at radius 2 is 0.747 bits per heavy atom. The predicted octanol–water partition coefficient (Wildman–Crippen LogP) is 14.7. The number of rotatable bonds is 44. The van der Waals surface area contributed by atoms with Gasteiger partial charge in [0.15, 0.2) is 24.6 Å². The van der Waals surface area contributed by atoms with Gasteiger partial charge in [-0.05, 0) is 109 Å². The van der Waals surface area contributed by atoms with Crippen molar-refractivity contribution in [3.63, 3.8) is 0 Å². The van der Waals surface area contributed by atoms with Gasteiger partial charge in [-0.15, -0.1) is 0 Å². The van der Waals surface area contributed by atoms with E-state index in [9.17, 15) is 34.5 Å². The minimum absolute atomic E-state index is 0.0513. The van der Waals surface area contributed by atoms with Crippen molar-refractivity contribution in [2.24, 2.45) is 0 Å². The van der Waals surface area contributed by atoms with Crippen molar-refractivity contribution in [2.75, 3.05) is 13.2 Å². The molecular formula is C67H94O12. The Balaban J connectivity index is 2.87. The van der Waals surface area contributed by atoms with E-state index in [4.69, 9.17) is 23.7 Å². The van der Waals surface area contributed by atoms with E-state index >= 15 is 0 Å². The number of aliphatic carboxylic acids is 1. The molecular weight excluding hydrogens is 997 g/mol. The van der Waals surface area contributed by atoms with Crippen molar-refractivity contribution in [1.82, 2.24) is 0 Å². The van der Waals surface area contributed by atoms with Crippen LogP contribution in [0.25, 0.3) is 0 Å². The second-order valence-electron chi connectivity index (χ2n) is 18.1. The highest BCUT2D eigenvalue weighted by Crippen LogP contribution is 2.26. The molecule has 434 valence electrons. The SMILES string of the molecule is CC/C=C\C/C=C\C/C=C\C/C=C\C/C=C\C/C=C\CCC(=O)OCC(COC1OC(C(=O)O)C(O)C(O)C1OC(=O)C/C=C\C/C=C\C/C=C\C/C=C\C/C=C\CC)OC(=O)C/C=C\C/C=C\C/C=C\C/C=C\C/C=C\CC. The highest BCUT2D eigenvalue weighted by Gasteiger charge is 2.50. The van der Waals surface area contributed by atoms with E-state index in [1.54, 1.807) is 18.2 Å². The highest BCUT2D eigenvalue weighted by atomic mass is 16.7. The minimum atomic E-state index is -1.97. The van der Waals surface area contributed by atoms with E-state index in [0.29, 0.717) is 25.7 Å². The van der Waals surface area contributed by atoms with E-state index in [-0.39, 0.29) is 19.3 Å². The van der Waals surface area contributed by atoms with Crippen molar-refractivity contribution in [3.05, 3.63) is 194 Å². The van der Waals surface area contributed by atoms with Gasteiger partial charge in [0.1, 0.15) is 18.8 Å². The van der Waals surface area contributed by atoms with Crippen LogP contribution in [0, 0.1) is 0 Å². The maximum atomic E-state index is 13.1. The summed E-state index contributed by atoms with van der Waals surface area (Å²) in [6.07, 6.45) is 69.0. The monoisotopic (exact) mass is 1090 g/mol. The summed E-state index contributed by atoms with van der Waals surface area (Å²) in [5.41, 5.74) is 0. The quantitative estimate of drug-likeness (QED) is 0.0300. The van der Waals surface area contributed by atoms with Crippen LogP contribution in [0.1, 0.15) is 149 Å². The number of aliphatic hydroxyl groups is 2. The molecule has 6 unspecified atom stereocenters. The molecule has 0 bridgehead atoms. The van der Waals surface area contributed by atoms with Gasteiger partial charge >= 0.3 is 23.9 Å². The van der Waals surface area contributed by atoms with Gasteiger partial charge in [-0.1, -0.05) is 215 Å². The number of esters is 3. The molecule has 0 aromatic rings. The summed E-state index contributed by atoms with van der Waals surface area (Å²) >= 11 is 0. The van der Waals surface area contributed by atoms with Crippen molar-refractivity contribution >= 4 is 23.9 Å². The second kappa shape index (κ2) is 52.3. The Morgan fingerprint density at radius 1 is 0.418 bits per heavy atom. The first-order chi connectivity index (χ1) is 38.6. The third kappa shape index (κ3) is 42.2. The largest absolute Gasteiger partial charge is 0.479 e. The lowest BCUT2D eigenvalue weighted by molar-refractivity contribution is -0.301. The fraction of sp³-hybridized carbons (Fsp3) is 0.463. The van der Waals surface area contributed by atoms with Crippen molar-refractivity contribution in [3.8, 4) is 0 Å². The number of carboxylic acid groups (broad SMARTS) is 1. The summed E-state index contributed by atoms with van der Waals surface area (Å²) in [7, 11) is 0. The first kappa shape index (κ1) is 70.6. The summed E-state index contributed by atoms with van der Waals surface area (Å²) in [6, 6.07) is 0. The molecule has 0 aliphatic carbocycles. The molecule has 0 aromatic heterocycles. The molecule has 0 spiro atoms. The average Bonchev–Trinajstić information content (AvgIpc) is 3.46. The zero-order valence-electron chi connectivity index (χ0n) is 47.5. The molecule has 1 fully saturated rings. The molecule has 79 heavy (non-hydrogen) atoms. The number of ether oxygens (including phenoxy) is 5. The predicted molar refractivity (Wildman–Crippen MR) is 321 cm³/mol. The first-order valence-corrected chi connectivity index (χ1v) is 28.4. The van der Waals surface area contributed by atoms with Crippen LogP contribution in [0.5, 0.6) is 0 Å². The van der Waals surface area contributed by atoms with Crippen LogP contribution in [0.3, 0.4) is 0 Å². The van der Waals surface area contributed by atoms with E-state index in [2.05, 4.69) is 154 Å². The van der Waals surface area contributed by atoms with Crippen LogP contribution in [0.15, 0.2) is 194 Å². The zero-order chi connectivity index (χ0) is 57.5. The molecule has 12 nitrogen and oxygen atoms in total. The van der Waals surface area contributed by atoms with Gasteiger partial charge < -0.3 is 39.0 Å². The lowest BCUT2D eigenvalue weighted by atomic mass is 9.98. The Kier molecular flexibility index (Phi) is 46.7. The lowest BCUT2D eigenvalue weighted by Crippen LogP contribution is -2.61. The average molecular weight is 1090 g/mol. The Hall–Kier alpha value is -6.44. The zero-order valence-corrected chi connectivity index (χ0v) is 47.5. The normalized spacial score (nSPS) is 19.3. The summed E-state index contributed by atoms with van der Waals surface area (Å²) in [5.74, 6) is -3.61. The van der Waals surface area contributed by atoms with Gasteiger partial charge in [0.05, 0.1) is 19.4 Å². The topological polar surface area (TPSA) is 175 Å². The molecule has 1 aliphatic heterocycles. The van der Waals surface area contributed by atoms with Crippen LogP contribution in [-0.2, 0) is 42.9 Å². The third-order valence-electron chi connectivity index (χ3n) is 11.2. The van der Waals surface area contributed by atoms with Crippen LogP contribution in [0.4, 0.5) is 0 Å². The van der Waals surface area contributed by atoms with Gasteiger partial charge in [-0.3, -0.25) is 14.4 Å². The maximum absolute atomic E-state index is 13.1. The Morgan fingerprint density at radius 3 is 1.10 bits per heavy atom. The number of aliphatic hydroxyl groups excluding tert-OH is 2. The molecule has 0 saturated carbocycles. The molecule has 3 N–H and O–H groups in total.